The number of fused-ring (bicyclic) bond motifs is 3. The summed E-state index contributed by atoms with van der Waals surface area (Å²) in [5, 5.41) is 0. The summed E-state index contributed by atoms with van der Waals surface area (Å²) in [5.74, 6) is -0.269. The van der Waals surface area contributed by atoms with E-state index in [4.69, 9.17) is 4.74 Å². The van der Waals surface area contributed by atoms with Crippen molar-refractivity contribution in [3.05, 3.63) is 75.4 Å². The maximum Gasteiger partial charge on any atom is 0.338 e. The Labute approximate surface area is 141 Å². The number of carbonyl (C=O) groups excluding carboxylic acids is 2. The van der Waals surface area contributed by atoms with E-state index in [0.29, 0.717) is 12.0 Å². The Balaban J connectivity index is 1.77. The minimum absolute atomic E-state index is 0.114. The highest BCUT2D eigenvalue weighted by atomic mass is 16.5. The van der Waals surface area contributed by atoms with Crippen molar-refractivity contribution in [2.24, 2.45) is 0 Å². The zero-order valence-electron chi connectivity index (χ0n) is 13.6. The first kappa shape index (κ1) is 14.9. The molecule has 0 heterocycles. The van der Waals surface area contributed by atoms with E-state index in [-0.39, 0.29) is 11.8 Å². The van der Waals surface area contributed by atoms with Crippen LogP contribution in [0, 0.1) is 0 Å². The first-order valence-corrected chi connectivity index (χ1v) is 8.25. The molecule has 0 aromatic heterocycles. The van der Waals surface area contributed by atoms with Gasteiger partial charge in [-0.05, 0) is 53.7 Å². The third-order valence-electron chi connectivity index (χ3n) is 4.96. The van der Waals surface area contributed by atoms with Crippen molar-refractivity contribution >= 4 is 17.8 Å². The number of Topliss-reactive ketones (excluding diaryl/α,β-unsaturated/α-hetero) is 1. The van der Waals surface area contributed by atoms with Crippen molar-refractivity contribution < 1.29 is 14.3 Å². The van der Waals surface area contributed by atoms with Gasteiger partial charge >= 0.3 is 5.97 Å². The lowest BCUT2D eigenvalue weighted by molar-refractivity contribution is 0.0600. The fourth-order valence-electron chi connectivity index (χ4n) is 3.81. The second-order valence-electron chi connectivity index (χ2n) is 6.35. The molecule has 2 aliphatic rings. The van der Waals surface area contributed by atoms with Gasteiger partial charge in [0, 0.05) is 17.6 Å². The molecule has 0 saturated heterocycles. The zero-order chi connectivity index (χ0) is 16.7. The molecule has 4 rings (SSSR count). The highest BCUT2D eigenvalue weighted by Crippen LogP contribution is 2.36. The van der Waals surface area contributed by atoms with E-state index in [9.17, 15) is 9.59 Å². The van der Waals surface area contributed by atoms with Crippen molar-refractivity contribution in [2.45, 2.75) is 25.7 Å². The number of carbonyl (C=O) groups is 2. The van der Waals surface area contributed by atoms with Crippen LogP contribution in [0.5, 0.6) is 0 Å². The van der Waals surface area contributed by atoms with Crippen molar-refractivity contribution in [1.29, 1.82) is 0 Å². The van der Waals surface area contributed by atoms with Crippen LogP contribution in [-0.4, -0.2) is 18.9 Å². The Morgan fingerprint density at radius 3 is 2.71 bits per heavy atom. The van der Waals surface area contributed by atoms with Crippen LogP contribution < -0.4 is 0 Å². The van der Waals surface area contributed by atoms with Gasteiger partial charge in [-0.1, -0.05) is 30.3 Å². The lowest BCUT2D eigenvalue weighted by Crippen LogP contribution is -2.04. The number of ether oxygens (including phenoxy) is 1. The van der Waals surface area contributed by atoms with Gasteiger partial charge in [0.25, 0.3) is 0 Å². The van der Waals surface area contributed by atoms with Crippen LogP contribution in [-0.2, 0) is 24.0 Å². The summed E-state index contributed by atoms with van der Waals surface area (Å²) in [5.41, 5.74) is 6.55. The third-order valence-corrected chi connectivity index (χ3v) is 4.96. The third kappa shape index (κ3) is 2.28. The standard InChI is InChI=1S/C21H18O3/c1-24-21(23)18-7-3-2-5-14(18)11-16-12-15-10-9-13-6-4-8-17(13)19(15)20(16)22/h2-3,5,7,9-11H,4,6,8,12H2,1H3/b16-11+. The number of methoxy groups -OCH3 is 1. The molecule has 0 fully saturated rings. The number of esters is 1. The SMILES string of the molecule is COC(=O)c1ccccc1/C=C1\Cc2ccc3c(c2C1=O)CCC3. The monoisotopic (exact) mass is 318 g/mol. The fraction of sp³-hybridized carbons (Fsp3) is 0.238. The lowest BCUT2D eigenvalue weighted by Gasteiger charge is -2.05. The average molecular weight is 318 g/mol. The molecule has 3 heteroatoms. The molecule has 0 aliphatic heterocycles. The van der Waals surface area contributed by atoms with Gasteiger partial charge < -0.3 is 4.74 Å². The number of rotatable bonds is 2. The van der Waals surface area contributed by atoms with E-state index in [1.807, 2.05) is 18.2 Å². The van der Waals surface area contributed by atoms with Gasteiger partial charge in [-0.3, -0.25) is 4.79 Å². The van der Waals surface area contributed by atoms with Crippen molar-refractivity contribution in [3.8, 4) is 0 Å². The van der Waals surface area contributed by atoms with Crippen molar-refractivity contribution in [1.82, 2.24) is 0 Å². The normalized spacial score (nSPS) is 17.0. The molecule has 0 amide bonds. The molecule has 2 aliphatic carbocycles. The molecule has 2 aromatic rings. The van der Waals surface area contributed by atoms with E-state index in [1.54, 1.807) is 12.1 Å². The lowest BCUT2D eigenvalue weighted by atomic mass is 9.99. The number of allylic oxidation sites excluding steroid dienone is 1. The van der Waals surface area contributed by atoms with Gasteiger partial charge in [0.05, 0.1) is 12.7 Å². The minimum Gasteiger partial charge on any atom is -0.465 e. The maximum atomic E-state index is 12.9. The smallest absolute Gasteiger partial charge is 0.338 e. The topological polar surface area (TPSA) is 43.4 Å². The van der Waals surface area contributed by atoms with E-state index in [2.05, 4.69) is 12.1 Å². The minimum atomic E-state index is -0.383. The van der Waals surface area contributed by atoms with Crippen LogP contribution in [0.25, 0.3) is 6.08 Å². The van der Waals surface area contributed by atoms with E-state index in [1.165, 1.54) is 18.2 Å². The molecule has 120 valence electrons. The Morgan fingerprint density at radius 2 is 1.88 bits per heavy atom. The van der Waals surface area contributed by atoms with Crippen molar-refractivity contribution in [3.63, 3.8) is 0 Å². The average Bonchev–Trinajstić information content (AvgIpc) is 3.19. The maximum absolute atomic E-state index is 12.9. The number of hydrogen-bond acceptors (Lipinski definition) is 3. The first-order chi connectivity index (χ1) is 11.7. The molecule has 0 spiro atoms. The molecular weight excluding hydrogens is 300 g/mol. The van der Waals surface area contributed by atoms with Crippen LogP contribution >= 0.6 is 0 Å². The Hall–Kier alpha value is -2.68. The van der Waals surface area contributed by atoms with E-state index in [0.717, 1.165) is 41.5 Å². The van der Waals surface area contributed by atoms with Crippen LogP contribution in [0.1, 0.15) is 49.4 Å². The quantitative estimate of drug-likeness (QED) is 0.625. The van der Waals surface area contributed by atoms with Gasteiger partial charge in [0.1, 0.15) is 0 Å². The van der Waals surface area contributed by atoms with Crippen LogP contribution in [0.2, 0.25) is 0 Å². The number of ketones is 1. The van der Waals surface area contributed by atoms with Crippen molar-refractivity contribution in [2.75, 3.05) is 7.11 Å². The first-order valence-electron chi connectivity index (χ1n) is 8.25. The molecule has 0 atom stereocenters. The highest BCUT2D eigenvalue weighted by molar-refractivity contribution is 6.17. The summed E-state index contributed by atoms with van der Waals surface area (Å²) in [6, 6.07) is 11.5. The molecule has 0 bridgehead atoms. The molecule has 0 N–H and O–H groups in total. The summed E-state index contributed by atoms with van der Waals surface area (Å²) >= 11 is 0. The number of benzene rings is 2. The summed E-state index contributed by atoms with van der Waals surface area (Å²) in [6.07, 6.45) is 5.67. The summed E-state index contributed by atoms with van der Waals surface area (Å²) in [4.78, 5) is 24.9. The van der Waals surface area contributed by atoms with Gasteiger partial charge in [-0.25, -0.2) is 4.79 Å². The van der Waals surface area contributed by atoms with Crippen LogP contribution in [0.4, 0.5) is 0 Å². The Kier molecular flexibility index (Phi) is 3.57. The van der Waals surface area contributed by atoms with Gasteiger partial charge in [-0.2, -0.15) is 0 Å². The zero-order valence-corrected chi connectivity index (χ0v) is 13.6. The summed E-state index contributed by atoms with van der Waals surface area (Å²) < 4.78 is 4.84. The second kappa shape index (κ2) is 5.75. The molecule has 2 aromatic carbocycles. The predicted molar refractivity (Wildman–Crippen MR) is 92.3 cm³/mol. The summed E-state index contributed by atoms with van der Waals surface area (Å²) in [6.45, 7) is 0. The molecule has 0 unspecified atom stereocenters. The molecule has 0 radical (unpaired) electrons. The highest BCUT2D eigenvalue weighted by Gasteiger charge is 2.30. The van der Waals surface area contributed by atoms with Crippen LogP contribution in [0.3, 0.4) is 0 Å². The Bertz CT molecular complexity index is 890. The Morgan fingerprint density at radius 1 is 1.08 bits per heavy atom. The molecule has 24 heavy (non-hydrogen) atoms. The van der Waals surface area contributed by atoms with Gasteiger partial charge in [0.2, 0.25) is 0 Å². The predicted octanol–water partition coefficient (Wildman–Crippen LogP) is 3.78. The fourth-order valence-corrected chi connectivity index (χ4v) is 3.81. The number of hydrogen-bond donors (Lipinski definition) is 0. The van der Waals surface area contributed by atoms with Gasteiger partial charge in [-0.15, -0.1) is 0 Å². The largest absolute Gasteiger partial charge is 0.465 e. The molecular formula is C21H18O3. The van der Waals surface area contributed by atoms with Gasteiger partial charge in [0.15, 0.2) is 5.78 Å². The second-order valence-corrected chi connectivity index (χ2v) is 6.35. The number of aryl methyl sites for hydroxylation is 1. The van der Waals surface area contributed by atoms with E-state index < -0.39 is 0 Å². The molecule has 3 nitrogen and oxygen atoms in total. The summed E-state index contributed by atoms with van der Waals surface area (Å²) in [7, 11) is 1.37. The van der Waals surface area contributed by atoms with E-state index >= 15 is 0 Å². The van der Waals surface area contributed by atoms with Crippen LogP contribution in [0.15, 0.2) is 42.0 Å². The molecule has 0 saturated carbocycles.